The van der Waals surface area contributed by atoms with Gasteiger partial charge in [-0.2, -0.15) is 5.10 Å². The van der Waals surface area contributed by atoms with Crippen molar-refractivity contribution in [2.75, 3.05) is 13.2 Å². The summed E-state index contributed by atoms with van der Waals surface area (Å²) in [6.45, 7) is 4.23. The molecule has 1 heterocycles. The third kappa shape index (κ3) is 4.36. The van der Waals surface area contributed by atoms with Gasteiger partial charge < -0.3 is 9.47 Å². The summed E-state index contributed by atoms with van der Waals surface area (Å²) in [4.78, 5) is 25.1. The van der Waals surface area contributed by atoms with Crippen molar-refractivity contribution in [3.63, 3.8) is 0 Å². The molecule has 146 valence electrons. The number of hydrogen-bond acceptors (Lipinski definition) is 5. The van der Waals surface area contributed by atoms with Crippen molar-refractivity contribution < 1.29 is 18.7 Å². The van der Waals surface area contributed by atoms with Crippen LogP contribution in [-0.2, 0) is 11.3 Å². The van der Waals surface area contributed by atoms with Crippen LogP contribution in [0.1, 0.15) is 24.3 Å². The molecule has 0 saturated carbocycles. The second-order valence-corrected chi connectivity index (χ2v) is 6.69. The van der Waals surface area contributed by atoms with Gasteiger partial charge in [0.05, 0.1) is 5.39 Å². The van der Waals surface area contributed by atoms with Crippen LogP contribution in [0.15, 0.2) is 53.3 Å². The molecule has 0 fully saturated rings. The zero-order valence-electron chi connectivity index (χ0n) is 15.7. The number of hydrogen-bond donors (Lipinski definition) is 0. The van der Waals surface area contributed by atoms with Gasteiger partial charge in [0.15, 0.2) is 17.3 Å². The Morgan fingerprint density at radius 1 is 1.07 bits per heavy atom. The summed E-state index contributed by atoms with van der Waals surface area (Å²) in [6, 6.07) is 12.8. The lowest BCUT2D eigenvalue weighted by Crippen LogP contribution is -2.28. The van der Waals surface area contributed by atoms with Crippen molar-refractivity contribution in [3.05, 3.63) is 70.4 Å². The van der Waals surface area contributed by atoms with Crippen LogP contribution in [0.25, 0.3) is 10.8 Å². The van der Waals surface area contributed by atoms with E-state index in [1.807, 2.05) is 13.8 Å². The minimum absolute atomic E-state index is 0.00373. The number of benzene rings is 2. The summed E-state index contributed by atoms with van der Waals surface area (Å²) in [5, 5.41) is 5.07. The predicted molar refractivity (Wildman–Crippen MR) is 103 cm³/mol. The van der Waals surface area contributed by atoms with Gasteiger partial charge >= 0.3 is 5.97 Å². The standard InChI is InChI=1S/C21H21FN2O4/c1-14(2)13-24-20(25)16-8-4-3-7-15(16)19(23-24)21(26)28-12-11-27-18-10-6-5-9-17(18)22/h3-10,14H,11-13H2,1-2H3. The van der Waals surface area contributed by atoms with Gasteiger partial charge in [0, 0.05) is 11.9 Å². The topological polar surface area (TPSA) is 70.4 Å². The normalized spacial score (nSPS) is 11.0. The van der Waals surface area contributed by atoms with Crippen molar-refractivity contribution in [1.29, 1.82) is 0 Å². The summed E-state index contributed by atoms with van der Waals surface area (Å²) < 4.78 is 25.3. The van der Waals surface area contributed by atoms with Crippen LogP contribution in [0, 0.1) is 11.7 Å². The van der Waals surface area contributed by atoms with Crippen molar-refractivity contribution in [3.8, 4) is 5.75 Å². The quantitative estimate of drug-likeness (QED) is 0.461. The molecular formula is C21H21FN2O4. The van der Waals surface area contributed by atoms with Crippen molar-refractivity contribution in [2.24, 2.45) is 5.92 Å². The zero-order valence-corrected chi connectivity index (χ0v) is 15.7. The van der Waals surface area contributed by atoms with Crippen LogP contribution in [-0.4, -0.2) is 29.0 Å². The van der Waals surface area contributed by atoms with Gasteiger partial charge in [-0.1, -0.05) is 44.2 Å². The first-order valence-electron chi connectivity index (χ1n) is 9.01. The molecule has 0 unspecified atom stereocenters. The number of halogens is 1. The van der Waals surface area contributed by atoms with E-state index in [9.17, 15) is 14.0 Å². The molecule has 28 heavy (non-hydrogen) atoms. The molecule has 3 aromatic rings. The number of carbonyl (C=O) groups excluding carboxylic acids is 1. The summed E-state index contributed by atoms with van der Waals surface area (Å²) in [5.74, 6) is -0.870. The first-order valence-corrected chi connectivity index (χ1v) is 9.01. The smallest absolute Gasteiger partial charge is 0.359 e. The van der Waals surface area contributed by atoms with Crippen LogP contribution in [0.4, 0.5) is 4.39 Å². The Morgan fingerprint density at radius 2 is 1.75 bits per heavy atom. The van der Waals surface area contributed by atoms with Gasteiger partial charge in [-0.3, -0.25) is 4.79 Å². The minimum atomic E-state index is -0.661. The maximum absolute atomic E-state index is 13.5. The SMILES string of the molecule is CC(C)Cn1nc(C(=O)OCCOc2ccccc2F)c2ccccc2c1=O. The number of rotatable bonds is 7. The Kier molecular flexibility index (Phi) is 6.03. The lowest BCUT2D eigenvalue weighted by Gasteiger charge is -2.12. The van der Waals surface area contributed by atoms with Gasteiger partial charge in [-0.15, -0.1) is 0 Å². The average molecular weight is 384 g/mol. The molecule has 0 spiro atoms. The predicted octanol–water partition coefficient (Wildman–Crippen LogP) is 3.43. The first kappa shape index (κ1) is 19.5. The van der Waals surface area contributed by atoms with E-state index in [0.29, 0.717) is 17.3 Å². The van der Waals surface area contributed by atoms with E-state index >= 15 is 0 Å². The highest BCUT2D eigenvalue weighted by Gasteiger charge is 2.18. The summed E-state index contributed by atoms with van der Waals surface area (Å²) in [7, 11) is 0. The Hall–Kier alpha value is -3.22. The summed E-state index contributed by atoms with van der Waals surface area (Å²) >= 11 is 0. The summed E-state index contributed by atoms with van der Waals surface area (Å²) in [6.07, 6.45) is 0. The molecule has 6 nitrogen and oxygen atoms in total. The fourth-order valence-electron chi connectivity index (χ4n) is 2.77. The lowest BCUT2D eigenvalue weighted by atomic mass is 10.1. The third-order valence-corrected chi connectivity index (χ3v) is 4.01. The first-order chi connectivity index (χ1) is 13.5. The largest absolute Gasteiger partial charge is 0.487 e. The monoisotopic (exact) mass is 384 g/mol. The second kappa shape index (κ2) is 8.65. The molecule has 0 radical (unpaired) electrons. The molecule has 7 heteroatoms. The van der Waals surface area contributed by atoms with E-state index in [1.54, 1.807) is 36.4 Å². The average Bonchev–Trinajstić information content (AvgIpc) is 2.68. The lowest BCUT2D eigenvalue weighted by molar-refractivity contribution is 0.0441. The highest BCUT2D eigenvalue weighted by molar-refractivity contribution is 6.02. The second-order valence-electron chi connectivity index (χ2n) is 6.69. The molecule has 0 bridgehead atoms. The van der Waals surface area contributed by atoms with Gasteiger partial charge in [0.1, 0.15) is 13.2 Å². The van der Waals surface area contributed by atoms with E-state index in [1.165, 1.54) is 16.8 Å². The number of carbonyl (C=O) groups is 1. The fraction of sp³-hybridized carbons (Fsp3) is 0.286. The molecule has 0 aliphatic rings. The van der Waals surface area contributed by atoms with E-state index in [-0.39, 0.29) is 36.1 Å². The number of esters is 1. The summed E-state index contributed by atoms with van der Waals surface area (Å²) in [5.41, 5.74) is -0.175. The van der Waals surface area contributed by atoms with E-state index < -0.39 is 11.8 Å². The molecule has 0 N–H and O–H groups in total. The molecule has 1 aromatic heterocycles. The minimum Gasteiger partial charge on any atom is -0.487 e. The van der Waals surface area contributed by atoms with E-state index in [0.717, 1.165) is 0 Å². The molecule has 3 rings (SSSR count). The molecule has 0 aliphatic heterocycles. The number of nitrogens with zero attached hydrogens (tertiary/aromatic N) is 2. The van der Waals surface area contributed by atoms with Gasteiger partial charge in [-0.25, -0.2) is 13.9 Å². The van der Waals surface area contributed by atoms with Crippen LogP contribution in [0.2, 0.25) is 0 Å². The number of aromatic nitrogens is 2. The van der Waals surface area contributed by atoms with E-state index in [2.05, 4.69) is 5.10 Å². The van der Waals surface area contributed by atoms with Crippen molar-refractivity contribution >= 4 is 16.7 Å². The van der Waals surface area contributed by atoms with Gasteiger partial charge in [0.25, 0.3) is 5.56 Å². The van der Waals surface area contributed by atoms with Gasteiger partial charge in [0.2, 0.25) is 0 Å². The number of ether oxygens (including phenoxy) is 2. The molecule has 0 amide bonds. The third-order valence-electron chi connectivity index (χ3n) is 4.01. The Balaban J connectivity index is 1.76. The number of fused-ring (bicyclic) bond motifs is 1. The Labute approximate surface area is 161 Å². The fourth-order valence-corrected chi connectivity index (χ4v) is 2.77. The maximum atomic E-state index is 13.5. The highest BCUT2D eigenvalue weighted by Crippen LogP contribution is 2.16. The molecule has 2 aromatic carbocycles. The Morgan fingerprint density at radius 3 is 2.46 bits per heavy atom. The molecule has 0 saturated heterocycles. The Bertz CT molecular complexity index is 1050. The van der Waals surface area contributed by atoms with Crippen molar-refractivity contribution in [1.82, 2.24) is 9.78 Å². The van der Waals surface area contributed by atoms with Gasteiger partial charge in [-0.05, 0) is 24.1 Å². The number of para-hydroxylation sites is 1. The van der Waals surface area contributed by atoms with E-state index in [4.69, 9.17) is 9.47 Å². The molecule has 0 atom stereocenters. The van der Waals surface area contributed by atoms with Crippen LogP contribution >= 0.6 is 0 Å². The molecular weight excluding hydrogens is 363 g/mol. The van der Waals surface area contributed by atoms with Crippen LogP contribution in [0.3, 0.4) is 0 Å². The van der Waals surface area contributed by atoms with Crippen molar-refractivity contribution in [2.45, 2.75) is 20.4 Å². The van der Waals surface area contributed by atoms with Crippen LogP contribution in [0.5, 0.6) is 5.75 Å². The molecule has 0 aliphatic carbocycles. The maximum Gasteiger partial charge on any atom is 0.359 e. The highest BCUT2D eigenvalue weighted by atomic mass is 19.1. The zero-order chi connectivity index (χ0) is 20.1. The van der Waals surface area contributed by atoms with Crippen LogP contribution < -0.4 is 10.3 Å².